The van der Waals surface area contributed by atoms with Crippen molar-refractivity contribution in [2.24, 2.45) is 0 Å². The Labute approximate surface area is 197 Å². The van der Waals surface area contributed by atoms with E-state index >= 15 is 0 Å². The highest BCUT2D eigenvalue weighted by atomic mass is 32.1. The summed E-state index contributed by atoms with van der Waals surface area (Å²) in [4.78, 5) is 26.0. The number of carbonyl (C=O) groups is 2. The van der Waals surface area contributed by atoms with Crippen molar-refractivity contribution in [3.8, 4) is 5.75 Å². The van der Waals surface area contributed by atoms with E-state index in [2.05, 4.69) is 10.6 Å². The van der Waals surface area contributed by atoms with Gasteiger partial charge in [0, 0.05) is 11.3 Å². The molecule has 0 saturated heterocycles. The lowest BCUT2D eigenvalue weighted by Gasteiger charge is -2.31. The van der Waals surface area contributed by atoms with Crippen LogP contribution in [-0.4, -0.2) is 23.2 Å². The van der Waals surface area contributed by atoms with E-state index in [-0.39, 0.29) is 6.10 Å². The normalized spacial score (nSPS) is 15.8. The van der Waals surface area contributed by atoms with Crippen LogP contribution in [-0.2, 0) is 9.53 Å². The van der Waals surface area contributed by atoms with Crippen LogP contribution in [0.15, 0.2) is 78.0 Å². The number of hydrogen-bond acceptors (Lipinski definition) is 5. The molecule has 6 nitrogen and oxygen atoms in total. The van der Waals surface area contributed by atoms with Crippen LogP contribution in [0.1, 0.15) is 42.7 Å². The number of nitrogens with one attached hydrogen (secondary N) is 2. The molecule has 0 spiro atoms. The number of carbonyl (C=O) groups excluding carboxylic acids is 2. The van der Waals surface area contributed by atoms with Crippen molar-refractivity contribution in [3.63, 3.8) is 0 Å². The average Bonchev–Trinajstić information content (AvgIpc) is 2.78. The predicted molar refractivity (Wildman–Crippen MR) is 131 cm³/mol. The molecule has 7 heteroatoms. The molecular formula is C26H24N2O4S. The molecule has 168 valence electrons. The average molecular weight is 461 g/mol. The quantitative estimate of drug-likeness (QED) is 0.322. The molecule has 0 fully saturated rings. The number of fused-ring (bicyclic) bond motifs is 1. The molecule has 1 atom stereocenters. The van der Waals surface area contributed by atoms with Gasteiger partial charge in [-0.2, -0.15) is 0 Å². The maximum absolute atomic E-state index is 13.1. The van der Waals surface area contributed by atoms with Gasteiger partial charge in [-0.05, 0) is 62.0 Å². The molecule has 0 radical (unpaired) electrons. The predicted octanol–water partition coefficient (Wildman–Crippen LogP) is 4.80. The number of thiocarbonyl (C=S) groups is 1. The number of hydrogen-bond donors (Lipinski definition) is 2. The third kappa shape index (κ3) is 4.73. The fourth-order valence-electron chi connectivity index (χ4n) is 3.85. The summed E-state index contributed by atoms with van der Waals surface area (Å²) in [5.74, 6) is -0.619. The second kappa shape index (κ2) is 9.42. The minimum Gasteiger partial charge on any atom is -0.459 e. The Hall–Kier alpha value is -3.71. The highest BCUT2D eigenvalue weighted by molar-refractivity contribution is 7.80. The van der Waals surface area contributed by atoms with E-state index in [9.17, 15) is 9.59 Å². The number of benzene rings is 3. The minimum atomic E-state index is -0.672. The molecule has 0 aromatic heterocycles. The van der Waals surface area contributed by atoms with Crippen molar-refractivity contribution in [2.75, 3.05) is 0 Å². The Bertz CT molecular complexity index is 1270. The first-order valence-corrected chi connectivity index (χ1v) is 11.0. The van der Waals surface area contributed by atoms with Crippen molar-refractivity contribution in [2.45, 2.75) is 32.9 Å². The summed E-state index contributed by atoms with van der Waals surface area (Å²) in [5, 5.41) is 8.33. The van der Waals surface area contributed by atoms with E-state index in [1.165, 1.54) is 0 Å². The zero-order valence-corrected chi connectivity index (χ0v) is 19.4. The van der Waals surface area contributed by atoms with Crippen molar-refractivity contribution < 1.29 is 19.1 Å². The Balaban J connectivity index is 1.87. The largest absolute Gasteiger partial charge is 0.459 e. The topological polar surface area (TPSA) is 76.7 Å². The first-order valence-electron chi connectivity index (χ1n) is 10.6. The molecular weight excluding hydrogens is 436 g/mol. The van der Waals surface area contributed by atoms with Gasteiger partial charge < -0.3 is 20.1 Å². The molecule has 0 saturated carbocycles. The van der Waals surface area contributed by atoms with Crippen molar-refractivity contribution in [1.82, 2.24) is 10.6 Å². The van der Waals surface area contributed by atoms with Gasteiger partial charge >= 0.3 is 11.9 Å². The van der Waals surface area contributed by atoms with Gasteiger partial charge in [-0.1, -0.05) is 48.5 Å². The van der Waals surface area contributed by atoms with Gasteiger partial charge in [0.15, 0.2) is 5.11 Å². The van der Waals surface area contributed by atoms with E-state index in [4.69, 9.17) is 21.7 Å². The van der Waals surface area contributed by atoms with Crippen LogP contribution in [0.3, 0.4) is 0 Å². The van der Waals surface area contributed by atoms with Crippen LogP contribution < -0.4 is 15.4 Å². The molecule has 0 bridgehead atoms. The van der Waals surface area contributed by atoms with E-state index in [0.29, 0.717) is 33.3 Å². The summed E-state index contributed by atoms with van der Waals surface area (Å²) in [6, 6.07) is 19.4. The lowest BCUT2D eigenvalue weighted by Crippen LogP contribution is -2.45. The fraction of sp³-hybridized carbons (Fsp3) is 0.192. The van der Waals surface area contributed by atoms with Gasteiger partial charge in [-0.15, -0.1) is 0 Å². The molecule has 33 heavy (non-hydrogen) atoms. The van der Waals surface area contributed by atoms with Crippen LogP contribution in [0.2, 0.25) is 0 Å². The summed E-state index contributed by atoms with van der Waals surface area (Å²) in [6.45, 7) is 5.36. The Morgan fingerprint density at radius 3 is 2.36 bits per heavy atom. The maximum atomic E-state index is 13.1. The SMILES string of the molecule is CC1=C(C(=O)OC(C)C)C(c2c(OC(=O)c3ccccc3)ccc3ccccc23)NC(=S)N1. The molecule has 2 N–H and O–H groups in total. The van der Waals surface area contributed by atoms with Crippen LogP contribution in [0.5, 0.6) is 5.75 Å². The second-order valence-electron chi connectivity index (χ2n) is 7.98. The lowest BCUT2D eigenvalue weighted by molar-refractivity contribution is -0.143. The molecule has 4 rings (SSSR count). The number of esters is 2. The summed E-state index contributed by atoms with van der Waals surface area (Å²) >= 11 is 5.40. The summed E-state index contributed by atoms with van der Waals surface area (Å²) in [5.41, 5.74) is 2.03. The molecule has 1 aliphatic heterocycles. The van der Waals surface area contributed by atoms with Gasteiger partial charge in [0.25, 0.3) is 0 Å². The van der Waals surface area contributed by atoms with Gasteiger partial charge in [-0.25, -0.2) is 9.59 Å². The molecule has 0 amide bonds. The van der Waals surface area contributed by atoms with Crippen molar-refractivity contribution >= 4 is 40.0 Å². The Morgan fingerprint density at radius 2 is 1.64 bits per heavy atom. The summed E-state index contributed by atoms with van der Waals surface area (Å²) in [7, 11) is 0. The lowest BCUT2D eigenvalue weighted by atomic mass is 9.90. The van der Waals surface area contributed by atoms with Gasteiger partial charge in [0.05, 0.1) is 23.3 Å². The molecule has 0 aliphatic carbocycles. The highest BCUT2D eigenvalue weighted by Crippen LogP contribution is 2.39. The fourth-order valence-corrected chi connectivity index (χ4v) is 4.12. The number of allylic oxidation sites excluding steroid dienone is 1. The molecule has 1 aliphatic rings. The molecule has 1 unspecified atom stereocenters. The van der Waals surface area contributed by atoms with E-state index in [1.807, 2.05) is 36.4 Å². The zero-order chi connectivity index (χ0) is 23.5. The van der Waals surface area contributed by atoms with Gasteiger partial charge in [0.1, 0.15) is 5.75 Å². The molecule has 1 heterocycles. The minimum absolute atomic E-state index is 0.296. The first-order chi connectivity index (χ1) is 15.8. The van der Waals surface area contributed by atoms with Crippen LogP contribution in [0.25, 0.3) is 10.8 Å². The van der Waals surface area contributed by atoms with E-state index in [1.54, 1.807) is 51.1 Å². The molecule has 3 aromatic rings. The van der Waals surface area contributed by atoms with Gasteiger partial charge in [0.2, 0.25) is 0 Å². The number of rotatable bonds is 5. The van der Waals surface area contributed by atoms with Gasteiger partial charge in [-0.3, -0.25) is 0 Å². The van der Waals surface area contributed by atoms with Crippen molar-refractivity contribution in [3.05, 3.63) is 89.1 Å². The first kappa shape index (κ1) is 22.5. The summed E-state index contributed by atoms with van der Waals surface area (Å²) < 4.78 is 11.4. The summed E-state index contributed by atoms with van der Waals surface area (Å²) in [6.07, 6.45) is -0.296. The third-order valence-electron chi connectivity index (χ3n) is 5.26. The highest BCUT2D eigenvalue weighted by Gasteiger charge is 2.34. The Kier molecular flexibility index (Phi) is 6.42. The second-order valence-corrected chi connectivity index (χ2v) is 8.39. The number of ether oxygens (including phenoxy) is 2. The van der Waals surface area contributed by atoms with Crippen LogP contribution in [0, 0.1) is 0 Å². The zero-order valence-electron chi connectivity index (χ0n) is 18.5. The Morgan fingerprint density at radius 1 is 0.939 bits per heavy atom. The monoisotopic (exact) mass is 460 g/mol. The van der Waals surface area contributed by atoms with Crippen LogP contribution in [0.4, 0.5) is 0 Å². The smallest absolute Gasteiger partial charge is 0.343 e. The van der Waals surface area contributed by atoms with Crippen LogP contribution >= 0.6 is 12.2 Å². The maximum Gasteiger partial charge on any atom is 0.343 e. The van der Waals surface area contributed by atoms with Crippen molar-refractivity contribution in [1.29, 1.82) is 0 Å². The van der Waals surface area contributed by atoms with E-state index in [0.717, 1.165) is 10.8 Å². The third-order valence-corrected chi connectivity index (χ3v) is 5.48. The standard InChI is InChI=1S/C26H24N2O4S/c1-15(2)31-25(30)21-16(3)27-26(33)28-23(21)22-19-12-8-7-9-17(19)13-14-20(22)32-24(29)18-10-5-4-6-11-18/h4-15,23H,1-3H3,(H2,27,28,33). The van der Waals surface area contributed by atoms with E-state index < -0.39 is 18.0 Å². The molecule has 3 aromatic carbocycles.